The van der Waals surface area contributed by atoms with Crippen molar-refractivity contribution in [1.82, 2.24) is 20.2 Å². The van der Waals surface area contributed by atoms with E-state index in [0.29, 0.717) is 28.9 Å². The molecule has 8 heteroatoms. The average molecular weight is 451 g/mol. The Kier molecular flexibility index (Phi) is 5.13. The summed E-state index contributed by atoms with van der Waals surface area (Å²) in [6, 6.07) is 9.98. The Labute approximate surface area is 189 Å². The molecule has 0 spiro atoms. The van der Waals surface area contributed by atoms with Crippen LogP contribution in [-0.2, 0) is 17.8 Å². The SMILES string of the molecule is CN1CC[C@H](c2ccc(Cc3cc(-c4c(F)cccc4Cl)nc4c3C(=O)NC4)nc2)C1=O. The Morgan fingerprint density at radius 1 is 1.22 bits per heavy atom. The zero-order valence-electron chi connectivity index (χ0n) is 17.4. The topological polar surface area (TPSA) is 75.2 Å². The van der Waals surface area contributed by atoms with E-state index < -0.39 is 5.82 Å². The van der Waals surface area contributed by atoms with E-state index in [0.717, 1.165) is 24.2 Å². The molecule has 5 rings (SSSR count). The highest BCUT2D eigenvalue weighted by Gasteiger charge is 2.31. The third-order valence-electron chi connectivity index (χ3n) is 6.09. The molecule has 162 valence electrons. The second kappa shape index (κ2) is 7.98. The Morgan fingerprint density at radius 3 is 2.75 bits per heavy atom. The lowest BCUT2D eigenvalue weighted by Gasteiger charge is -2.13. The van der Waals surface area contributed by atoms with Crippen molar-refractivity contribution in [3.8, 4) is 11.3 Å². The Morgan fingerprint density at radius 2 is 2.06 bits per heavy atom. The molecule has 2 aliphatic rings. The van der Waals surface area contributed by atoms with Gasteiger partial charge in [0.1, 0.15) is 5.82 Å². The van der Waals surface area contributed by atoms with Crippen LogP contribution in [0.2, 0.25) is 5.02 Å². The Balaban J connectivity index is 1.50. The van der Waals surface area contributed by atoms with Crippen molar-refractivity contribution >= 4 is 23.4 Å². The second-order valence-electron chi connectivity index (χ2n) is 8.13. The molecule has 2 aromatic heterocycles. The number of likely N-dealkylation sites (tertiary alicyclic amines) is 1. The van der Waals surface area contributed by atoms with E-state index in [9.17, 15) is 14.0 Å². The Hall–Kier alpha value is -3.32. The number of pyridine rings is 2. The number of nitrogens with one attached hydrogen (secondary N) is 1. The molecule has 0 bridgehead atoms. The number of hydrogen-bond donors (Lipinski definition) is 1. The molecule has 0 radical (unpaired) electrons. The van der Waals surface area contributed by atoms with Gasteiger partial charge in [-0.2, -0.15) is 0 Å². The number of carbonyl (C=O) groups is 2. The van der Waals surface area contributed by atoms with Gasteiger partial charge in [0.25, 0.3) is 5.91 Å². The fourth-order valence-electron chi connectivity index (χ4n) is 4.40. The number of amides is 2. The van der Waals surface area contributed by atoms with Crippen LogP contribution in [0, 0.1) is 5.82 Å². The zero-order chi connectivity index (χ0) is 22.4. The summed E-state index contributed by atoms with van der Waals surface area (Å²) in [5.74, 6) is -0.728. The molecule has 32 heavy (non-hydrogen) atoms. The summed E-state index contributed by atoms with van der Waals surface area (Å²) in [6.45, 7) is 1.02. The second-order valence-corrected chi connectivity index (χ2v) is 8.54. The molecule has 6 nitrogen and oxygen atoms in total. The minimum Gasteiger partial charge on any atom is -0.346 e. The minimum atomic E-state index is -0.471. The minimum absolute atomic E-state index is 0.106. The predicted octanol–water partition coefficient (Wildman–Crippen LogP) is 3.72. The molecule has 0 saturated carbocycles. The molecule has 3 aromatic rings. The highest BCUT2D eigenvalue weighted by molar-refractivity contribution is 6.33. The molecule has 1 fully saturated rings. The maximum absolute atomic E-state index is 14.5. The first kappa shape index (κ1) is 20.6. The van der Waals surface area contributed by atoms with Gasteiger partial charge in [0, 0.05) is 31.9 Å². The molecule has 1 aromatic carbocycles. The van der Waals surface area contributed by atoms with E-state index >= 15 is 0 Å². The van der Waals surface area contributed by atoms with Gasteiger partial charge < -0.3 is 10.2 Å². The fourth-order valence-corrected chi connectivity index (χ4v) is 4.66. The zero-order valence-corrected chi connectivity index (χ0v) is 18.1. The van der Waals surface area contributed by atoms with Crippen molar-refractivity contribution in [2.24, 2.45) is 0 Å². The van der Waals surface area contributed by atoms with Gasteiger partial charge >= 0.3 is 0 Å². The van der Waals surface area contributed by atoms with Crippen LogP contribution in [-0.4, -0.2) is 40.3 Å². The van der Waals surface area contributed by atoms with Gasteiger partial charge in [-0.05, 0) is 41.8 Å². The van der Waals surface area contributed by atoms with Crippen LogP contribution in [0.1, 0.15) is 45.2 Å². The van der Waals surface area contributed by atoms with Gasteiger partial charge in [-0.3, -0.25) is 14.6 Å². The molecular weight excluding hydrogens is 431 g/mol. The summed E-state index contributed by atoms with van der Waals surface area (Å²) in [6.07, 6.45) is 2.88. The number of aromatic nitrogens is 2. The summed E-state index contributed by atoms with van der Waals surface area (Å²) in [4.78, 5) is 35.5. The molecule has 1 N–H and O–H groups in total. The number of nitrogens with zero attached hydrogens (tertiary/aromatic N) is 3. The van der Waals surface area contributed by atoms with E-state index in [2.05, 4.69) is 15.3 Å². The van der Waals surface area contributed by atoms with Gasteiger partial charge in [0.05, 0.1) is 40.0 Å². The largest absolute Gasteiger partial charge is 0.346 e. The molecule has 4 heterocycles. The van der Waals surface area contributed by atoms with Crippen molar-refractivity contribution in [1.29, 1.82) is 0 Å². The van der Waals surface area contributed by atoms with Crippen molar-refractivity contribution in [2.75, 3.05) is 13.6 Å². The first-order valence-electron chi connectivity index (χ1n) is 10.4. The van der Waals surface area contributed by atoms with Crippen LogP contribution in [0.15, 0.2) is 42.6 Å². The highest BCUT2D eigenvalue weighted by atomic mass is 35.5. The lowest BCUT2D eigenvalue weighted by atomic mass is 9.97. The number of hydrogen-bond acceptors (Lipinski definition) is 4. The summed E-state index contributed by atoms with van der Waals surface area (Å²) in [5.41, 5.74) is 4.00. The number of rotatable bonds is 4. The number of carbonyl (C=O) groups excluding carboxylic acids is 2. The summed E-state index contributed by atoms with van der Waals surface area (Å²) in [7, 11) is 1.80. The number of halogens is 2. The van der Waals surface area contributed by atoms with Crippen LogP contribution in [0.4, 0.5) is 4.39 Å². The number of likely N-dealkylation sites (N-methyl/N-ethyl adjacent to an activating group) is 1. The Bertz CT molecular complexity index is 1230. The number of benzene rings is 1. The van der Waals surface area contributed by atoms with Gasteiger partial charge in [0.2, 0.25) is 5.91 Å². The maximum Gasteiger partial charge on any atom is 0.253 e. The molecule has 1 atom stereocenters. The molecule has 2 aliphatic heterocycles. The molecule has 0 unspecified atom stereocenters. The van der Waals surface area contributed by atoms with Crippen LogP contribution < -0.4 is 5.32 Å². The summed E-state index contributed by atoms with van der Waals surface area (Å²) >= 11 is 6.25. The normalized spacial score (nSPS) is 17.6. The lowest BCUT2D eigenvalue weighted by molar-refractivity contribution is -0.127. The maximum atomic E-state index is 14.5. The smallest absolute Gasteiger partial charge is 0.253 e. The summed E-state index contributed by atoms with van der Waals surface area (Å²) < 4.78 is 14.5. The fraction of sp³-hybridized carbons (Fsp3) is 0.250. The van der Waals surface area contributed by atoms with Crippen LogP contribution in [0.5, 0.6) is 0 Å². The van der Waals surface area contributed by atoms with E-state index in [-0.39, 0.29) is 34.9 Å². The van der Waals surface area contributed by atoms with Crippen molar-refractivity contribution in [3.63, 3.8) is 0 Å². The van der Waals surface area contributed by atoms with E-state index in [1.54, 1.807) is 36.3 Å². The molecule has 0 aliphatic carbocycles. The molecule has 1 saturated heterocycles. The van der Waals surface area contributed by atoms with Gasteiger partial charge in [-0.15, -0.1) is 0 Å². The van der Waals surface area contributed by atoms with Gasteiger partial charge in [-0.25, -0.2) is 9.37 Å². The van der Waals surface area contributed by atoms with E-state index in [1.165, 1.54) is 6.07 Å². The quantitative estimate of drug-likeness (QED) is 0.657. The van der Waals surface area contributed by atoms with E-state index in [1.807, 2.05) is 12.1 Å². The van der Waals surface area contributed by atoms with Crippen molar-refractivity contribution < 1.29 is 14.0 Å². The van der Waals surface area contributed by atoms with Crippen molar-refractivity contribution in [3.05, 3.63) is 81.5 Å². The monoisotopic (exact) mass is 450 g/mol. The number of fused-ring (bicyclic) bond motifs is 1. The average Bonchev–Trinajstić information content (AvgIpc) is 3.31. The van der Waals surface area contributed by atoms with Gasteiger partial charge in [-0.1, -0.05) is 23.7 Å². The molecular formula is C24H20ClFN4O2. The van der Waals surface area contributed by atoms with E-state index in [4.69, 9.17) is 11.6 Å². The van der Waals surface area contributed by atoms with Crippen LogP contribution >= 0.6 is 11.6 Å². The van der Waals surface area contributed by atoms with Crippen molar-refractivity contribution in [2.45, 2.75) is 25.3 Å². The highest BCUT2D eigenvalue weighted by Crippen LogP contribution is 2.33. The van der Waals surface area contributed by atoms with Crippen LogP contribution in [0.25, 0.3) is 11.3 Å². The van der Waals surface area contributed by atoms with Gasteiger partial charge in [0.15, 0.2) is 0 Å². The first-order valence-corrected chi connectivity index (χ1v) is 10.8. The lowest BCUT2D eigenvalue weighted by Crippen LogP contribution is -2.21. The first-order chi connectivity index (χ1) is 15.4. The molecule has 2 amide bonds. The third kappa shape index (κ3) is 3.52. The third-order valence-corrected chi connectivity index (χ3v) is 6.40. The summed E-state index contributed by atoms with van der Waals surface area (Å²) in [5, 5.41) is 3.04. The van der Waals surface area contributed by atoms with Crippen LogP contribution in [0.3, 0.4) is 0 Å². The standard InChI is InChI=1S/C24H20ClFN4O2/c1-30-8-7-16(24(30)32)13-5-6-15(27-11-13)9-14-10-19(22-17(25)3-2-4-18(22)26)29-20-12-28-23(31)21(14)20/h2-6,10-11,16H,7-9,12H2,1H3,(H,28,31)/t16-/m1/s1. The predicted molar refractivity (Wildman–Crippen MR) is 118 cm³/mol.